The van der Waals surface area contributed by atoms with Crippen molar-refractivity contribution in [1.82, 2.24) is 15.1 Å². The van der Waals surface area contributed by atoms with E-state index in [2.05, 4.69) is 10.4 Å². The van der Waals surface area contributed by atoms with Crippen LogP contribution < -0.4 is 10.1 Å². The second kappa shape index (κ2) is 8.88. The van der Waals surface area contributed by atoms with Crippen molar-refractivity contribution >= 4 is 5.91 Å². The molecule has 1 heterocycles. The molecular weight excluding hydrogens is 366 g/mol. The Hall–Kier alpha value is -2.58. The Morgan fingerprint density at radius 3 is 2.48 bits per heavy atom. The van der Waals surface area contributed by atoms with Crippen LogP contribution in [0.25, 0.3) is 0 Å². The number of nitrogens with one attached hydrogen (secondary N) is 1. The third kappa shape index (κ3) is 5.70. The van der Waals surface area contributed by atoms with E-state index < -0.39 is 29.4 Å². The number of aromatic nitrogens is 2. The van der Waals surface area contributed by atoms with E-state index in [0.717, 1.165) is 10.9 Å². The summed E-state index contributed by atoms with van der Waals surface area (Å²) in [7, 11) is 0. The summed E-state index contributed by atoms with van der Waals surface area (Å²) < 4.78 is 58.7. The molecule has 27 heavy (non-hydrogen) atoms. The number of amides is 1. The van der Waals surface area contributed by atoms with Gasteiger partial charge in [0, 0.05) is 12.6 Å². The Bertz CT molecular complexity index is 755. The molecule has 1 aromatic carbocycles. The molecule has 0 bridgehead atoms. The summed E-state index contributed by atoms with van der Waals surface area (Å²) in [6.45, 7) is 3.67. The van der Waals surface area contributed by atoms with Gasteiger partial charge in [-0.2, -0.15) is 18.3 Å². The van der Waals surface area contributed by atoms with E-state index in [0.29, 0.717) is 25.2 Å². The SMILES string of the molecule is CC(C)n1ncc(C(=O)NCCCCOc2ccc(F)cc2)c1C(F)(F)F. The topological polar surface area (TPSA) is 56.2 Å². The maximum absolute atomic E-state index is 13.3. The Balaban J connectivity index is 1.81. The minimum atomic E-state index is -4.67. The molecule has 0 radical (unpaired) electrons. The number of halogens is 4. The zero-order valence-corrected chi connectivity index (χ0v) is 15.0. The summed E-state index contributed by atoms with van der Waals surface area (Å²) in [5.41, 5.74) is -1.53. The molecule has 0 aliphatic rings. The van der Waals surface area contributed by atoms with Crippen LogP contribution in [0.4, 0.5) is 17.6 Å². The van der Waals surface area contributed by atoms with Crippen molar-refractivity contribution in [3.63, 3.8) is 0 Å². The summed E-state index contributed by atoms with van der Waals surface area (Å²) in [6.07, 6.45) is -2.63. The number of carbonyl (C=O) groups excluding carboxylic acids is 1. The van der Waals surface area contributed by atoms with Crippen LogP contribution in [-0.4, -0.2) is 28.8 Å². The predicted octanol–water partition coefficient (Wildman–Crippen LogP) is 4.21. The number of benzene rings is 1. The molecule has 0 unspecified atom stereocenters. The number of alkyl halides is 3. The van der Waals surface area contributed by atoms with E-state index in [9.17, 15) is 22.4 Å². The van der Waals surface area contributed by atoms with Gasteiger partial charge in [-0.15, -0.1) is 0 Å². The van der Waals surface area contributed by atoms with Gasteiger partial charge in [-0.25, -0.2) is 4.39 Å². The molecular formula is C18H21F4N3O2. The maximum atomic E-state index is 13.3. The molecule has 1 amide bonds. The second-order valence-corrected chi connectivity index (χ2v) is 6.21. The van der Waals surface area contributed by atoms with Gasteiger partial charge >= 0.3 is 6.18 Å². The smallest absolute Gasteiger partial charge is 0.433 e. The van der Waals surface area contributed by atoms with Gasteiger partial charge in [-0.1, -0.05) is 0 Å². The van der Waals surface area contributed by atoms with Crippen molar-refractivity contribution < 1.29 is 27.1 Å². The molecule has 2 aromatic rings. The van der Waals surface area contributed by atoms with Crippen LogP contribution in [0.15, 0.2) is 30.5 Å². The van der Waals surface area contributed by atoms with Crippen molar-refractivity contribution in [1.29, 1.82) is 0 Å². The van der Waals surface area contributed by atoms with Crippen LogP contribution in [0, 0.1) is 5.82 Å². The zero-order chi connectivity index (χ0) is 20.0. The lowest BCUT2D eigenvalue weighted by Gasteiger charge is -2.15. The van der Waals surface area contributed by atoms with E-state index in [1.165, 1.54) is 24.3 Å². The molecule has 5 nitrogen and oxygen atoms in total. The molecule has 0 aliphatic carbocycles. The number of ether oxygens (including phenoxy) is 1. The van der Waals surface area contributed by atoms with Gasteiger partial charge in [0.1, 0.15) is 11.6 Å². The lowest BCUT2D eigenvalue weighted by atomic mass is 10.2. The van der Waals surface area contributed by atoms with Crippen molar-refractivity contribution in [3.05, 3.63) is 47.5 Å². The monoisotopic (exact) mass is 387 g/mol. The van der Waals surface area contributed by atoms with E-state index in [1.807, 2.05) is 0 Å². The number of nitrogens with zero attached hydrogens (tertiary/aromatic N) is 2. The van der Waals surface area contributed by atoms with Crippen LogP contribution in [0.5, 0.6) is 5.75 Å². The normalized spacial score (nSPS) is 11.7. The van der Waals surface area contributed by atoms with Crippen molar-refractivity contribution in [2.24, 2.45) is 0 Å². The largest absolute Gasteiger partial charge is 0.494 e. The van der Waals surface area contributed by atoms with E-state index in [1.54, 1.807) is 13.8 Å². The average Bonchev–Trinajstić information content (AvgIpc) is 3.05. The number of unbranched alkanes of at least 4 members (excludes halogenated alkanes) is 1. The summed E-state index contributed by atoms with van der Waals surface area (Å²) in [6, 6.07) is 5.05. The molecule has 1 aromatic heterocycles. The van der Waals surface area contributed by atoms with Gasteiger partial charge in [0.2, 0.25) is 0 Å². The first-order chi connectivity index (χ1) is 12.7. The predicted molar refractivity (Wildman–Crippen MR) is 91.1 cm³/mol. The highest BCUT2D eigenvalue weighted by Gasteiger charge is 2.40. The van der Waals surface area contributed by atoms with Crippen molar-refractivity contribution in [3.8, 4) is 5.75 Å². The van der Waals surface area contributed by atoms with Gasteiger partial charge in [-0.3, -0.25) is 9.48 Å². The van der Waals surface area contributed by atoms with E-state index >= 15 is 0 Å². The fourth-order valence-electron chi connectivity index (χ4n) is 2.45. The molecule has 0 atom stereocenters. The number of hydrogen-bond acceptors (Lipinski definition) is 3. The molecule has 0 spiro atoms. The van der Waals surface area contributed by atoms with Crippen LogP contribution in [0.1, 0.15) is 48.8 Å². The molecule has 0 saturated carbocycles. The van der Waals surface area contributed by atoms with Gasteiger partial charge in [0.05, 0.1) is 18.4 Å². The molecule has 0 aliphatic heterocycles. The average molecular weight is 387 g/mol. The number of hydrogen-bond donors (Lipinski definition) is 1. The molecule has 0 saturated heterocycles. The zero-order valence-electron chi connectivity index (χ0n) is 15.0. The fourth-order valence-corrected chi connectivity index (χ4v) is 2.45. The third-order valence-corrected chi connectivity index (χ3v) is 3.74. The minimum Gasteiger partial charge on any atom is -0.494 e. The first kappa shape index (κ1) is 20.7. The molecule has 1 N–H and O–H groups in total. The molecule has 9 heteroatoms. The third-order valence-electron chi connectivity index (χ3n) is 3.74. The Morgan fingerprint density at radius 2 is 1.89 bits per heavy atom. The van der Waals surface area contributed by atoms with E-state index in [-0.39, 0.29) is 12.4 Å². The van der Waals surface area contributed by atoms with Gasteiger partial charge < -0.3 is 10.1 Å². The Kier molecular flexibility index (Phi) is 6.81. The first-order valence-electron chi connectivity index (χ1n) is 8.51. The maximum Gasteiger partial charge on any atom is 0.433 e. The Labute approximate surface area is 154 Å². The van der Waals surface area contributed by atoms with Crippen LogP contribution in [0.2, 0.25) is 0 Å². The van der Waals surface area contributed by atoms with Gasteiger partial charge in [0.25, 0.3) is 5.91 Å². The van der Waals surface area contributed by atoms with E-state index in [4.69, 9.17) is 4.74 Å². The van der Waals surface area contributed by atoms with Crippen LogP contribution in [-0.2, 0) is 6.18 Å². The fraction of sp³-hybridized carbons (Fsp3) is 0.444. The number of rotatable bonds is 8. The molecule has 0 fully saturated rings. The van der Waals surface area contributed by atoms with Crippen molar-refractivity contribution in [2.45, 2.75) is 38.9 Å². The second-order valence-electron chi connectivity index (χ2n) is 6.21. The lowest BCUT2D eigenvalue weighted by Crippen LogP contribution is -2.28. The van der Waals surface area contributed by atoms with Crippen LogP contribution in [0.3, 0.4) is 0 Å². The lowest BCUT2D eigenvalue weighted by molar-refractivity contribution is -0.145. The highest BCUT2D eigenvalue weighted by Crippen LogP contribution is 2.33. The van der Waals surface area contributed by atoms with Crippen LogP contribution >= 0.6 is 0 Å². The Morgan fingerprint density at radius 1 is 1.22 bits per heavy atom. The first-order valence-corrected chi connectivity index (χ1v) is 8.51. The van der Waals surface area contributed by atoms with Crippen molar-refractivity contribution in [2.75, 3.05) is 13.2 Å². The van der Waals surface area contributed by atoms with Gasteiger partial charge in [0.15, 0.2) is 5.69 Å². The summed E-state index contributed by atoms with van der Waals surface area (Å²) in [5, 5.41) is 6.16. The molecule has 148 valence electrons. The van der Waals surface area contributed by atoms with Gasteiger partial charge in [-0.05, 0) is 51.0 Å². The molecule has 2 rings (SSSR count). The summed E-state index contributed by atoms with van der Waals surface area (Å²) in [5.74, 6) is -0.644. The summed E-state index contributed by atoms with van der Waals surface area (Å²) >= 11 is 0. The number of carbonyl (C=O) groups is 1. The minimum absolute atomic E-state index is 0.204. The quantitative estimate of drug-likeness (QED) is 0.545. The highest BCUT2D eigenvalue weighted by molar-refractivity contribution is 5.95. The standard InChI is InChI=1S/C18H21F4N3O2/c1-12(2)25-16(18(20,21)22)15(11-24-25)17(26)23-9-3-4-10-27-14-7-5-13(19)6-8-14/h5-8,11-12H,3-4,9-10H2,1-2H3,(H,23,26). The summed E-state index contributed by atoms with van der Waals surface area (Å²) in [4.78, 5) is 12.1. The highest BCUT2D eigenvalue weighted by atomic mass is 19.4.